The molecule has 0 radical (unpaired) electrons. The quantitative estimate of drug-likeness (QED) is 0.562. The number of hydrogen-bond donors (Lipinski definition) is 2. The molecule has 0 aromatic heterocycles. The van der Waals surface area contributed by atoms with Crippen molar-refractivity contribution in [2.24, 2.45) is 39.5 Å². The fourth-order valence-electron chi connectivity index (χ4n) is 8.74. The van der Waals surface area contributed by atoms with Gasteiger partial charge in [-0.25, -0.2) is 0 Å². The number of benzene rings is 1. The Hall–Kier alpha value is -1.35. The number of aromatic hydroxyl groups is 1. The second-order valence-corrected chi connectivity index (χ2v) is 12.0. The zero-order valence-corrected chi connectivity index (χ0v) is 19.7. The average molecular weight is 424 g/mol. The van der Waals surface area contributed by atoms with E-state index < -0.39 is 5.60 Å². The topological polar surface area (TPSA) is 52.8 Å². The summed E-state index contributed by atoms with van der Waals surface area (Å²) in [5.41, 5.74) is 1.65. The number of aryl methyl sites for hydroxylation is 1. The first-order chi connectivity index (χ1) is 14.8. The first-order valence-corrected chi connectivity index (χ1v) is 12.8. The van der Waals surface area contributed by atoms with Crippen molar-refractivity contribution in [1.82, 2.24) is 0 Å². The van der Waals surface area contributed by atoms with Crippen LogP contribution in [0.15, 0.2) is 23.2 Å². The molecule has 3 heteroatoms. The van der Waals surface area contributed by atoms with Crippen LogP contribution in [0.1, 0.15) is 89.2 Å². The van der Waals surface area contributed by atoms with E-state index in [9.17, 15) is 10.2 Å². The van der Waals surface area contributed by atoms with E-state index in [0.717, 1.165) is 48.1 Å². The molecule has 3 unspecified atom stereocenters. The molecule has 5 rings (SSSR count). The molecule has 2 N–H and O–H groups in total. The van der Waals surface area contributed by atoms with Crippen molar-refractivity contribution < 1.29 is 10.2 Å². The van der Waals surface area contributed by atoms with Crippen LogP contribution in [0, 0.1) is 41.4 Å². The van der Waals surface area contributed by atoms with Crippen molar-refractivity contribution in [2.75, 3.05) is 6.54 Å². The van der Waals surface area contributed by atoms with Gasteiger partial charge in [0.25, 0.3) is 0 Å². The molecule has 4 saturated carbocycles. The zero-order valence-electron chi connectivity index (χ0n) is 19.7. The van der Waals surface area contributed by atoms with E-state index in [1.165, 1.54) is 44.9 Å². The Balaban J connectivity index is 1.35. The maximum atomic E-state index is 11.9. The summed E-state index contributed by atoms with van der Waals surface area (Å²) in [5.74, 6) is 3.49. The van der Waals surface area contributed by atoms with Crippen molar-refractivity contribution in [3.05, 3.63) is 29.3 Å². The Kier molecular flexibility index (Phi) is 5.28. The van der Waals surface area contributed by atoms with Gasteiger partial charge in [0.05, 0.1) is 12.1 Å². The molecule has 4 fully saturated rings. The van der Waals surface area contributed by atoms with Crippen molar-refractivity contribution in [2.45, 2.75) is 90.6 Å². The highest BCUT2D eigenvalue weighted by atomic mass is 16.3. The number of rotatable bonds is 3. The normalized spacial score (nSPS) is 44.6. The molecule has 170 valence electrons. The van der Waals surface area contributed by atoms with Crippen LogP contribution in [0.2, 0.25) is 0 Å². The van der Waals surface area contributed by atoms with E-state index in [4.69, 9.17) is 0 Å². The molecule has 0 heterocycles. The van der Waals surface area contributed by atoms with Crippen LogP contribution in [-0.4, -0.2) is 28.6 Å². The van der Waals surface area contributed by atoms with Crippen LogP contribution in [0.3, 0.4) is 0 Å². The number of phenolic OH excluding ortho intramolecular Hbond substituents is 1. The van der Waals surface area contributed by atoms with Crippen molar-refractivity contribution in [3.63, 3.8) is 0 Å². The number of hydrogen-bond acceptors (Lipinski definition) is 3. The van der Waals surface area contributed by atoms with Crippen LogP contribution in [0.4, 0.5) is 0 Å². The molecular formula is C28H41NO2. The lowest BCUT2D eigenvalue weighted by molar-refractivity contribution is -0.147. The minimum absolute atomic E-state index is 0.0297. The fourth-order valence-corrected chi connectivity index (χ4v) is 8.74. The lowest BCUT2D eigenvalue weighted by Gasteiger charge is -2.61. The van der Waals surface area contributed by atoms with Crippen LogP contribution >= 0.6 is 0 Å². The molecule has 3 nitrogen and oxygen atoms in total. The van der Waals surface area contributed by atoms with E-state index in [2.05, 4.69) is 18.8 Å². The van der Waals surface area contributed by atoms with E-state index in [-0.39, 0.29) is 11.2 Å². The molecule has 4 aliphatic carbocycles. The number of aliphatic hydroxyl groups is 1. The van der Waals surface area contributed by atoms with Gasteiger partial charge in [-0.3, -0.25) is 4.99 Å². The summed E-state index contributed by atoms with van der Waals surface area (Å²) in [4.78, 5) is 4.68. The molecule has 0 bridgehead atoms. The summed E-state index contributed by atoms with van der Waals surface area (Å²) >= 11 is 0. The van der Waals surface area contributed by atoms with Crippen molar-refractivity contribution >= 4 is 6.21 Å². The Morgan fingerprint density at radius 2 is 1.81 bits per heavy atom. The van der Waals surface area contributed by atoms with E-state index in [1.807, 2.05) is 19.1 Å². The molecule has 7 atom stereocenters. The third-order valence-electron chi connectivity index (χ3n) is 10.7. The van der Waals surface area contributed by atoms with Crippen LogP contribution in [-0.2, 0) is 0 Å². The molecule has 0 amide bonds. The largest absolute Gasteiger partial charge is 0.507 e. The van der Waals surface area contributed by atoms with E-state index in [1.54, 1.807) is 12.3 Å². The van der Waals surface area contributed by atoms with Gasteiger partial charge in [0, 0.05) is 17.2 Å². The monoisotopic (exact) mass is 423 g/mol. The summed E-state index contributed by atoms with van der Waals surface area (Å²) in [6.45, 7) is 7.46. The summed E-state index contributed by atoms with van der Waals surface area (Å²) in [6, 6.07) is 5.58. The number of phenols is 1. The van der Waals surface area contributed by atoms with Gasteiger partial charge < -0.3 is 10.2 Å². The Morgan fingerprint density at radius 1 is 1.00 bits per heavy atom. The van der Waals surface area contributed by atoms with Gasteiger partial charge in [0.15, 0.2) is 0 Å². The summed E-state index contributed by atoms with van der Waals surface area (Å²) < 4.78 is 0. The van der Waals surface area contributed by atoms with Gasteiger partial charge in [-0.15, -0.1) is 0 Å². The van der Waals surface area contributed by atoms with Crippen LogP contribution < -0.4 is 0 Å². The Bertz CT molecular complexity index is 865. The highest BCUT2D eigenvalue weighted by Crippen LogP contribution is 2.68. The molecule has 31 heavy (non-hydrogen) atoms. The highest BCUT2D eigenvalue weighted by molar-refractivity contribution is 5.83. The van der Waals surface area contributed by atoms with Gasteiger partial charge >= 0.3 is 0 Å². The van der Waals surface area contributed by atoms with Crippen LogP contribution in [0.25, 0.3) is 0 Å². The molecule has 4 aliphatic rings. The Morgan fingerprint density at radius 3 is 2.65 bits per heavy atom. The summed E-state index contributed by atoms with van der Waals surface area (Å²) in [6.07, 6.45) is 14.7. The molecule has 0 aliphatic heterocycles. The van der Waals surface area contributed by atoms with Crippen molar-refractivity contribution in [1.29, 1.82) is 0 Å². The highest BCUT2D eigenvalue weighted by Gasteiger charge is 2.64. The van der Waals surface area contributed by atoms with Crippen LogP contribution in [0.5, 0.6) is 5.75 Å². The fraction of sp³-hybridized carbons (Fsp3) is 0.750. The smallest absolute Gasteiger partial charge is 0.124 e. The van der Waals surface area contributed by atoms with Gasteiger partial charge in [-0.2, -0.15) is 0 Å². The first kappa shape index (κ1) is 21.5. The average Bonchev–Trinajstić information content (AvgIpc) is 3.01. The summed E-state index contributed by atoms with van der Waals surface area (Å²) in [5, 5.41) is 22.0. The van der Waals surface area contributed by atoms with Gasteiger partial charge in [-0.05, 0) is 99.5 Å². The minimum Gasteiger partial charge on any atom is -0.507 e. The Labute approximate surface area is 188 Å². The van der Waals surface area contributed by atoms with Crippen molar-refractivity contribution in [3.8, 4) is 5.75 Å². The molecule has 0 saturated heterocycles. The van der Waals surface area contributed by atoms with Gasteiger partial charge in [-0.1, -0.05) is 38.3 Å². The molecular weight excluding hydrogens is 382 g/mol. The molecule has 0 spiro atoms. The SMILES string of the molecule is Cc1ccc(O)c(/C=N/C[C@@]2(O)CCC3[C@@H]4CCC5CCCC[C@]5(C)C4CC[C@@]32C)c1. The number of fused-ring (bicyclic) bond motifs is 5. The maximum absolute atomic E-state index is 11.9. The lowest BCUT2D eigenvalue weighted by Crippen LogP contribution is -2.56. The predicted octanol–water partition coefficient (Wildman–Crippen LogP) is 6.28. The standard InChI is InChI=1S/C28H41NO2/c1-19-7-10-25(30)20(16-19)17-29-18-28(31)15-12-24-22-9-8-21-6-4-5-13-26(21,2)23(22)11-14-27(24,28)3/h7,10,16-17,21-24,30-31H,4-6,8-9,11-15,18H2,1-3H3/b29-17+/t21?,22-,23?,24?,26+,27+,28+/m1/s1. The third-order valence-corrected chi connectivity index (χ3v) is 10.7. The molecule has 1 aromatic carbocycles. The predicted molar refractivity (Wildman–Crippen MR) is 127 cm³/mol. The summed E-state index contributed by atoms with van der Waals surface area (Å²) in [7, 11) is 0. The van der Waals surface area contributed by atoms with Gasteiger partial charge in [0.1, 0.15) is 5.75 Å². The second-order valence-electron chi connectivity index (χ2n) is 12.0. The van der Waals surface area contributed by atoms with E-state index in [0.29, 0.717) is 17.9 Å². The number of aliphatic imine (C=N–C) groups is 1. The number of nitrogens with zero attached hydrogens (tertiary/aromatic N) is 1. The maximum Gasteiger partial charge on any atom is 0.124 e. The molecule has 1 aromatic rings. The first-order valence-electron chi connectivity index (χ1n) is 12.8. The zero-order chi connectivity index (χ0) is 21.9. The van der Waals surface area contributed by atoms with Gasteiger partial charge in [0.2, 0.25) is 0 Å². The second kappa shape index (κ2) is 7.61. The minimum atomic E-state index is -0.719. The van der Waals surface area contributed by atoms with E-state index >= 15 is 0 Å². The third kappa shape index (κ3) is 3.29. The lowest BCUT2D eigenvalue weighted by atomic mass is 9.44.